The molecule has 0 aliphatic heterocycles. The maximum atomic E-state index is 5.85. The summed E-state index contributed by atoms with van der Waals surface area (Å²) in [6.45, 7) is 10.4. The van der Waals surface area contributed by atoms with Crippen LogP contribution in [0.15, 0.2) is 29.3 Å². The van der Waals surface area contributed by atoms with Gasteiger partial charge in [0.1, 0.15) is 0 Å². The van der Waals surface area contributed by atoms with E-state index in [0.717, 1.165) is 45.0 Å². The molecule has 150 valence electrons. The molecule has 0 spiro atoms. The maximum absolute atomic E-state index is 5.85. The van der Waals surface area contributed by atoms with Gasteiger partial charge in [-0.15, -0.1) is 24.0 Å². The van der Waals surface area contributed by atoms with E-state index in [9.17, 15) is 0 Å². The molecule has 5 nitrogen and oxygen atoms in total. The van der Waals surface area contributed by atoms with Gasteiger partial charge in [-0.25, -0.2) is 4.99 Å². The molecule has 26 heavy (non-hydrogen) atoms. The molecule has 0 heterocycles. The van der Waals surface area contributed by atoms with Gasteiger partial charge in [-0.1, -0.05) is 31.2 Å². The van der Waals surface area contributed by atoms with Crippen LogP contribution < -0.4 is 10.6 Å². The molecule has 1 aromatic rings. The van der Waals surface area contributed by atoms with Gasteiger partial charge in [0, 0.05) is 26.2 Å². The Bertz CT molecular complexity index is 508. The Kier molecular flexibility index (Phi) is 14.7. The average Bonchev–Trinajstić information content (AvgIpc) is 2.61. The second-order valence-corrected chi connectivity index (χ2v) is 6.37. The van der Waals surface area contributed by atoms with Crippen LogP contribution in [0.5, 0.6) is 0 Å². The lowest BCUT2D eigenvalue weighted by Gasteiger charge is -2.21. The first kappa shape index (κ1) is 25.1. The minimum Gasteiger partial charge on any atom is -0.377 e. The highest BCUT2D eigenvalue weighted by Crippen LogP contribution is 2.10. The number of rotatable bonds is 11. The monoisotopic (exact) mass is 476 g/mol. The van der Waals surface area contributed by atoms with Crippen molar-refractivity contribution in [3.05, 3.63) is 35.4 Å². The van der Waals surface area contributed by atoms with Gasteiger partial charge in [0.05, 0.1) is 12.6 Å². The summed E-state index contributed by atoms with van der Waals surface area (Å²) >= 11 is 0. The van der Waals surface area contributed by atoms with Crippen molar-refractivity contribution >= 4 is 29.9 Å². The van der Waals surface area contributed by atoms with Crippen molar-refractivity contribution in [2.24, 2.45) is 4.99 Å². The van der Waals surface area contributed by atoms with Crippen molar-refractivity contribution in [3.63, 3.8) is 0 Å². The molecule has 0 aromatic heterocycles. The van der Waals surface area contributed by atoms with Crippen LogP contribution in [-0.2, 0) is 17.7 Å². The maximum Gasteiger partial charge on any atom is 0.191 e. The van der Waals surface area contributed by atoms with Crippen LogP contribution >= 0.6 is 24.0 Å². The fourth-order valence-corrected chi connectivity index (χ4v) is 2.66. The molecular formula is C20H37IN4O. The van der Waals surface area contributed by atoms with Crippen LogP contribution in [0, 0.1) is 0 Å². The first-order chi connectivity index (χ1) is 12.1. The van der Waals surface area contributed by atoms with Gasteiger partial charge in [0.25, 0.3) is 0 Å². The number of nitrogens with zero attached hydrogens (tertiary/aromatic N) is 2. The largest absolute Gasteiger partial charge is 0.377 e. The van der Waals surface area contributed by atoms with Crippen molar-refractivity contribution < 1.29 is 4.74 Å². The molecule has 0 bridgehead atoms. The average molecular weight is 476 g/mol. The summed E-state index contributed by atoms with van der Waals surface area (Å²) in [5.41, 5.74) is 2.65. The zero-order valence-corrected chi connectivity index (χ0v) is 19.4. The van der Waals surface area contributed by atoms with Crippen molar-refractivity contribution in [1.82, 2.24) is 15.5 Å². The van der Waals surface area contributed by atoms with Crippen LogP contribution in [0.2, 0.25) is 0 Å². The number of nitrogens with one attached hydrogen (secondary N) is 2. The lowest BCUT2D eigenvalue weighted by molar-refractivity contribution is 0.0548. The van der Waals surface area contributed by atoms with E-state index in [1.807, 2.05) is 6.92 Å². The quantitative estimate of drug-likeness (QED) is 0.293. The van der Waals surface area contributed by atoms with Gasteiger partial charge in [0.15, 0.2) is 5.96 Å². The number of aliphatic imine (C=N–C) groups is 1. The third-order valence-corrected chi connectivity index (χ3v) is 4.05. The summed E-state index contributed by atoms with van der Waals surface area (Å²) < 4.78 is 5.85. The fourth-order valence-electron chi connectivity index (χ4n) is 2.66. The minimum absolute atomic E-state index is 0. The fraction of sp³-hybridized carbons (Fsp3) is 0.650. The molecule has 1 unspecified atom stereocenters. The first-order valence-electron chi connectivity index (χ1n) is 9.45. The normalized spacial score (nSPS) is 12.6. The highest BCUT2D eigenvalue weighted by Gasteiger charge is 2.10. The molecule has 1 rings (SSSR count). The lowest BCUT2D eigenvalue weighted by atomic mass is 10.1. The smallest absolute Gasteiger partial charge is 0.191 e. The zero-order chi connectivity index (χ0) is 18.5. The Hall–Kier alpha value is -0.860. The summed E-state index contributed by atoms with van der Waals surface area (Å²) in [6, 6.07) is 8.51. The highest BCUT2D eigenvalue weighted by molar-refractivity contribution is 14.0. The SMILES string of the molecule is CCNC(=NCc1ccccc1CC)NCC(CCN(C)C)OCC.I. The van der Waals surface area contributed by atoms with E-state index in [1.54, 1.807) is 0 Å². The van der Waals surface area contributed by atoms with E-state index in [-0.39, 0.29) is 30.1 Å². The van der Waals surface area contributed by atoms with Crippen LogP contribution in [0.4, 0.5) is 0 Å². The van der Waals surface area contributed by atoms with E-state index in [0.29, 0.717) is 6.54 Å². The number of benzene rings is 1. The van der Waals surface area contributed by atoms with Crippen LogP contribution in [0.25, 0.3) is 0 Å². The Labute approximate surface area is 177 Å². The third-order valence-electron chi connectivity index (χ3n) is 4.05. The Morgan fingerprint density at radius 3 is 2.38 bits per heavy atom. The topological polar surface area (TPSA) is 48.9 Å². The van der Waals surface area contributed by atoms with Crippen molar-refractivity contribution in [1.29, 1.82) is 0 Å². The number of ether oxygens (including phenoxy) is 1. The van der Waals surface area contributed by atoms with E-state index >= 15 is 0 Å². The molecule has 0 saturated heterocycles. The minimum atomic E-state index is 0. The molecule has 6 heteroatoms. The highest BCUT2D eigenvalue weighted by atomic mass is 127. The van der Waals surface area contributed by atoms with Gasteiger partial charge in [-0.3, -0.25) is 0 Å². The zero-order valence-electron chi connectivity index (χ0n) is 17.0. The van der Waals surface area contributed by atoms with Gasteiger partial charge in [-0.2, -0.15) is 0 Å². The van der Waals surface area contributed by atoms with Crippen LogP contribution in [-0.4, -0.2) is 57.3 Å². The standard InChI is InChI=1S/C20H36N4O.HI/c1-6-17-11-9-10-12-18(17)15-22-20(21-7-2)23-16-19(25-8-3)13-14-24(4)5;/h9-12,19H,6-8,13-16H2,1-5H3,(H2,21,22,23);1H. The van der Waals surface area contributed by atoms with Gasteiger partial charge in [-0.05, 0) is 51.9 Å². The van der Waals surface area contributed by atoms with E-state index in [2.05, 4.69) is 67.7 Å². The van der Waals surface area contributed by atoms with Crippen LogP contribution in [0.3, 0.4) is 0 Å². The number of halogens is 1. The number of guanidine groups is 1. The summed E-state index contributed by atoms with van der Waals surface area (Å²) in [5.74, 6) is 0.850. The van der Waals surface area contributed by atoms with Gasteiger partial charge >= 0.3 is 0 Å². The molecule has 0 amide bonds. The Balaban J connectivity index is 0.00000625. The Morgan fingerprint density at radius 1 is 1.12 bits per heavy atom. The second kappa shape index (κ2) is 15.2. The number of hydrogen-bond acceptors (Lipinski definition) is 3. The molecule has 0 aliphatic rings. The second-order valence-electron chi connectivity index (χ2n) is 6.37. The third kappa shape index (κ3) is 10.3. The van der Waals surface area contributed by atoms with E-state index < -0.39 is 0 Å². The van der Waals surface area contributed by atoms with E-state index in [1.165, 1.54) is 11.1 Å². The molecule has 0 aliphatic carbocycles. The molecule has 0 fully saturated rings. The molecule has 1 aromatic carbocycles. The van der Waals surface area contributed by atoms with Gasteiger partial charge in [0.2, 0.25) is 0 Å². The number of aryl methyl sites for hydroxylation is 1. The molecule has 0 radical (unpaired) electrons. The summed E-state index contributed by atoms with van der Waals surface area (Å²) in [5, 5.41) is 6.76. The molecule has 0 saturated carbocycles. The number of hydrogen-bond donors (Lipinski definition) is 2. The van der Waals surface area contributed by atoms with Gasteiger partial charge < -0.3 is 20.3 Å². The molecule has 2 N–H and O–H groups in total. The summed E-state index contributed by atoms with van der Waals surface area (Å²) in [6.07, 6.45) is 2.23. The predicted molar refractivity (Wildman–Crippen MR) is 123 cm³/mol. The Morgan fingerprint density at radius 2 is 1.81 bits per heavy atom. The molecular weight excluding hydrogens is 439 g/mol. The molecule has 1 atom stereocenters. The first-order valence-corrected chi connectivity index (χ1v) is 9.45. The van der Waals surface area contributed by atoms with Crippen molar-refractivity contribution in [2.45, 2.75) is 46.3 Å². The predicted octanol–water partition coefficient (Wildman–Crippen LogP) is 3.28. The summed E-state index contributed by atoms with van der Waals surface area (Å²) in [4.78, 5) is 6.94. The van der Waals surface area contributed by atoms with E-state index in [4.69, 9.17) is 9.73 Å². The summed E-state index contributed by atoms with van der Waals surface area (Å²) in [7, 11) is 4.18. The van der Waals surface area contributed by atoms with Crippen molar-refractivity contribution in [2.75, 3.05) is 40.3 Å². The lowest BCUT2D eigenvalue weighted by Crippen LogP contribution is -2.42. The van der Waals surface area contributed by atoms with Crippen LogP contribution in [0.1, 0.15) is 38.3 Å². The van der Waals surface area contributed by atoms with Crippen molar-refractivity contribution in [3.8, 4) is 0 Å².